The van der Waals surface area contributed by atoms with Gasteiger partial charge in [0.15, 0.2) is 6.61 Å². The molecule has 3 atom stereocenters. The van der Waals surface area contributed by atoms with Crippen LogP contribution in [0.2, 0.25) is 0 Å². The molecule has 0 bridgehead atoms. The fourth-order valence-corrected chi connectivity index (χ4v) is 3.11. The van der Waals surface area contributed by atoms with Crippen LogP contribution in [0.3, 0.4) is 0 Å². The monoisotopic (exact) mass is 418 g/mol. The van der Waals surface area contributed by atoms with Crippen molar-refractivity contribution in [2.45, 2.75) is 115 Å². The summed E-state index contributed by atoms with van der Waals surface area (Å²) in [6, 6.07) is 0. The number of rotatable bonds is 20. The van der Waals surface area contributed by atoms with Gasteiger partial charge in [-0.1, -0.05) is 84.0 Å². The van der Waals surface area contributed by atoms with Gasteiger partial charge in [-0.15, -0.1) is 0 Å². The Morgan fingerprint density at radius 3 is 1.66 bits per heavy atom. The normalized spacial score (nSPS) is 14.4. The summed E-state index contributed by atoms with van der Waals surface area (Å²) in [5, 5.41) is 36.8. The molecule has 7 heteroatoms. The predicted octanol–water partition coefficient (Wildman–Crippen LogP) is 2.66. The van der Waals surface area contributed by atoms with Crippen molar-refractivity contribution in [3.8, 4) is 0 Å². The first-order chi connectivity index (χ1) is 13.9. The van der Waals surface area contributed by atoms with Crippen LogP contribution in [0.15, 0.2) is 0 Å². The van der Waals surface area contributed by atoms with Crippen LogP contribution in [0, 0.1) is 0 Å². The van der Waals surface area contributed by atoms with Gasteiger partial charge in [0.05, 0.1) is 6.61 Å². The summed E-state index contributed by atoms with van der Waals surface area (Å²) in [6.45, 7) is 0.786. The van der Waals surface area contributed by atoms with Gasteiger partial charge in [0.2, 0.25) is 5.78 Å². The summed E-state index contributed by atoms with van der Waals surface area (Å²) in [5.74, 6) is -1.44. The van der Waals surface area contributed by atoms with Gasteiger partial charge in [0.1, 0.15) is 18.3 Å². The first-order valence-electron chi connectivity index (χ1n) is 11.3. The van der Waals surface area contributed by atoms with Gasteiger partial charge >= 0.3 is 5.97 Å². The van der Waals surface area contributed by atoms with Gasteiger partial charge in [0.25, 0.3) is 0 Å². The molecule has 0 amide bonds. The number of aliphatic hydroxyl groups is 4. The van der Waals surface area contributed by atoms with Gasteiger partial charge in [-0.3, -0.25) is 9.59 Å². The molecule has 0 saturated carbocycles. The average Bonchev–Trinajstić information content (AvgIpc) is 2.73. The van der Waals surface area contributed by atoms with Crippen LogP contribution in [0.4, 0.5) is 0 Å². The van der Waals surface area contributed by atoms with E-state index in [9.17, 15) is 24.9 Å². The van der Waals surface area contributed by atoms with E-state index in [1.165, 1.54) is 64.2 Å². The summed E-state index contributed by atoms with van der Waals surface area (Å²) < 4.78 is 4.79. The maximum atomic E-state index is 11.6. The fraction of sp³-hybridized carbons (Fsp3) is 0.909. The molecule has 0 heterocycles. The largest absolute Gasteiger partial charge is 0.458 e. The van der Waals surface area contributed by atoms with Gasteiger partial charge < -0.3 is 25.2 Å². The lowest BCUT2D eigenvalue weighted by Crippen LogP contribution is -2.45. The number of aliphatic hydroxyl groups excluding tert-OH is 4. The maximum Gasteiger partial charge on any atom is 0.306 e. The minimum absolute atomic E-state index is 0.211. The fourth-order valence-electron chi connectivity index (χ4n) is 3.11. The van der Waals surface area contributed by atoms with Crippen molar-refractivity contribution in [1.29, 1.82) is 0 Å². The third-order valence-corrected chi connectivity index (χ3v) is 5.09. The zero-order valence-electron chi connectivity index (χ0n) is 18.1. The molecule has 4 N–H and O–H groups in total. The summed E-state index contributed by atoms with van der Waals surface area (Å²) in [6.07, 6.45) is 10.6. The van der Waals surface area contributed by atoms with E-state index in [2.05, 4.69) is 6.92 Å². The maximum absolute atomic E-state index is 11.6. The number of esters is 1. The lowest BCUT2D eigenvalue weighted by atomic mass is 10.0. The minimum Gasteiger partial charge on any atom is -0.458 e. The van der Waals surface area contributed by atoms with Crippen molar-refractivity contribution in [3.63, 3.8) is 0 Å². The van der Waals surface area contributed by atoms with E-state index in [1.54, 1.807) is 0 Å². The molecule has 0 aromatic carbocycles. The molecular formula is C22H42O7. The molecule has 0 fully saturated rings. The van der Waals surface area contributed by atoms with Crippen molar-refractivity contribution < 1.29 is 34.8 Å². The molecule has 0 aromatic rings. The Morgan fingerprint density at radius 2 is 1.21 bits per heavy atom. The van der Waals surface area contributed by atoms with E-state index < -0.39 is 43.3 Å². The lowest BCUT2D eigenvalue weighted by Gasteiger charge is -2.20. The molecule has 0 aliphatic carbocycles. The second-order valence-corrected chi connectivity index (χ2v) is 7.80. The lowest BCUT2D eigenvalue weighted by molar-refractivity contribution is -0.155. The zero-order chi connectivity index (χ0) is 21.9. The van der Waals surface area contributed by atoms with E-state index in [1.807, 2.05) is 0 Å². The van der Waals surface area contributed by atoms with E-state index in [0.717, 1.165) is 12.8 Å². The highest BCUT2D eigenvalue weighted by molar-refractivity contribution is 5.86. The summed E-state index contributed by atoms with van der Waals surface area (Å²) in [5.41, 5.74) is 0. The van der Waals surface area contributed by atoms with Gasteiger partial charge in [-0.25, -0.2) is 0 Å². The van der Waals surface area contributed by atoms with E-state index in [-0.39, 0.29) is 6.42 Å². The molecule has 172 valence electrons. The van der Waals surface area contributed by atoms with Crippen LogP contribution in [-0.4, -0.2) is 63.7 Å². The molecule has 0 aliphatic heterocycles. The molecular weight excluding hydrogens is 376 g/mol. The number of hydrogen-bond acceptors (Lipinski definition) is 7. The number of ether oxygens (including phenoxy) is 1. The van der Waals surface area contributed by atoms with Gasteiger partial charge in [-0.2, -0.15) is 0 Å². The van der Waals surface area contributed by atoms with Crippen molar-refractivity contribution in [2.24, 2.45) is 0 Å². The van der Waals surface area contributed by atoms with Crippen LogP contribution >= 0.6 is 0 Å². The predicted molar refractivity (Wildman–Crippen MR) is 111 cm³/mol. The SMILES string of the molecule is CCCCCCCCCCCCCCCC(=O)OCC(=O)[C@@H](O)[C@@H](O)[C@H](O)CO. The molecule has 0 spiro atoms. The summed E-state index contributed by atoms with van der Waals surface area (Å²) >= 11 is 0. The van der Waals surface area contributed by atoms with Crippen molar-refractivity contribution in [2.75, 3.05) is 13.2 Å². The Hall–Kier alpha value is -1.02. The summed E-state index contributed by atoms with van der Waals surface area (Å²) in [4.78, 5) is 23.2. The highest BCUT2D eigenvalue weighted by Gasteiger charge is 2.30. The molecule has 0 rings (SSSR count). The van der Waals surface area contributed by atoms with Gasteiger partial charge in [0, 0.05) is 6.42 Å². The number of ketones is 1. The number of unbranched alkanes of at least 4 members (excludes halogenated alkanes) is 12. The first kappa shape index (κ1) is 28.0. The molecule has 0 unspecified atom stereocenters. The standard InChI is InChI=1S/C22H42O7/c1-2-3-4-5-6-7-8-9-10-11-12-13-14-15-20(26)29-17-19(25)22(28)21(27)18(24)16-23/h18,21-24,27-28H,2-17H2,1H3/t18-,21+,22-/m1/s1. The molecule has 0 radical (unpaired) electrons. The van der Waals surface area contributed by atoms with Crippen LogP contribution in [0.25, 0.3) is 0 Å². The molecule has 0 saturated heterocycles. The Bertz CT molecular complexity index is 414. The van der Waals surface area contributed by atoms with E-state index in [0.29, 0.717) is 6.42 Å². The topological polar surface area (TPSA) is 124 Å². The second kappa shape index (κ2) is 19.0. The van der Waals surface area contributed by atoms with Crippen molar-refractivity contribution in [1.82, 2.24) is 0 Å². The Kier molecular flexibility index (Phi) is 18.3. The molecule has 29 heavy (non-hydrogen) atoms. The number of carbonyl (C=O) groups excluding carboxylic acids is 2. The Labute approximate surface area is 175 Å². The van der Waals surface area contributed by atoms with Crippen LogP contribution in [0.1, 0.15) is 96.8 Å². The third kappa shape index (κ3) is 15.5. The number of Topliss-reactive ketones (excluding diaryl/α,β-unsaturated/α-hetero) is 1. The number of hydrogen-bond donors (Lipinski definition) is 4. The Morgan fingerprint density at radius 1 is 0.759 bits per heavy atom. The zero-order valence-corrected chi connectivity index (χ0v) is 18.1. The quantitative estimate of drug-likeness (QED) is 0.177. The van der Waals surface area contributed by atoms with Gasteiger partial charge in [-0.05, 0) is 6.42 Å². The minimum atomic E-state index is -1.90. The summed E-state index contributed by atoms with van der Waals surface area (Å²) in [7, 11) is 0. The highest BCUT2D eigenvalue weighted by atomic mass is 16.5. The smallest absolute Gasteiger partial charge is 0.306 e. The first-order valence-corrected chi connectivity index (χ1v) is 11.3. The third-order valence-electron chi connectivity index (χ3n) is 5.09. The molecule has 7 nitrogen and oxygen atoms in total. The van der Waals surface area contributed by atoms with Crippen molar-refractivity contribution in [3.05, 3.63) is 0 Å². The van der Waals surface area contributed by atoms with Crippen LogP contribution < -0.4 is 0 Å². The molecule has 0 aliphatic rings. The van der Waals surface area contributed by atoms with Crippen LogP contribution in [0.5, 0.6) is 0 Å². The van der Waals surface area contributed by atoms with Crippen molar-refractivity contribution >= 4 is 11.8 Å². The molecule has 0 aromatic heterocycles. The Balaban J connectivity index is 3.53. The van der Waals surface area contributed by atoms with E-state index >= 15 is 0 Å². The van der Waals surface area contributed by atoms with E-state index in [4.69, 9.17) is 9.84 Å². The average molecular weight is 419 g/mol. The second-order valence-electron chi connectivity index (χ2n) is 7.80. The van der Waals surface area contributed by atoms with Crippen LogP contribution in [-0.2, 0) is 14.3 Å². The highest BCUT2D eigenvalue weighted by Crippen LogP contribution is 2.13. The number of carbonyl (C=O) groups is 2.